The van der Waals surface area contributed by atoms with Crippen LogP contribution in [-0.4, -0.2) is 32.9 Å². The molecule has 0 unspecified atom stereocenters. The molecule has 0 aliphatic heterocycles. The molecule has 0 spiro atoms. The second-order valence-electron chi connectivity index (χ2n) is 9.90. The first-order valence-corrected chi connectivity index (χ1v) is 12.5. The number of carbonyl (C=O) groups is 1. The normalized spacial score (nSPS) is 11.5. The number of carbonyl (C=O) groups excluding carboxylic acids is 1. The third kappa shape index (κ3) is 6.86. The Morgan fingerprint density at radius 1 is 0.973 bits per heavy atom. The van der Waals surface area contributed by atoms with Crippen LogP contribution in [0.2, 0.25) is 0 Å². The molecule has 0 aliphatic rings. The molecule has 0 aliphatic carbocycles. The highest BCUT2D eigenvalue weighted by atomic mass is 16.6. The summed E-state index contributed by atoms with van der Waals surface area (Å²) in [5.41, 5.74) is 6.77. The molecule has 8 nitrogen and oxygen atoms in total. The number of imidazole rings is 1. The maximum atomic E-state index is 12.7. The van der Waals surface area contributed by atoms with Gasteiger partial charge in [0.05, 0.1) is 5.52 Å². The van der Waals surface area contributed by atoms with E-state index in [0.717, 1.165) is 28.2 Å². The molecule has 2 aromatic carbocycles. The van der Waals surface area contributed by atoms with E-state index in [1.807, 2.05) is 77.1 Å². The number of hydrogen-bond donors (Lipinski definition) is 1. The largest absolute Gasteiger partial charge is 0.443 e. The Hall–Kier alpha value is -3.91. The van der Waals surface area contributed by atoms with Gasteiger partial charge in [0.25, 0.3) is 0 Å². The van der Waals surface area contributed by atoms with Crippen LogP contribution >= 0.6 is 0 Å². The second-order valence-corrected chi connectivity index (χ2v) is 9.90. The van der Waals surface area contributed by atoms with E-state index in [9.17, 15) is 4.79 Å². The van der Waals surface area contributed by atoms with Gasteiger partial charge in [0.2, 0.25) is 0 Å². The van der Waals surface area contributed by atoms with Gasteiger partial charge in [0.15, 0.2) is 11.6 Å². The molecule has 194 valence electrons. The van der Waals surface area contributed by atoms with E-state index >= 15 is 0 Å². The summed E-state index contributed by atoms with van der Waals surface area (Å²) in [5, 5.41) is 0. The van der Waals surface area contributed by atoms with Gasteiger partial charge >= 0.3 is 6.09 Å². The Morgan fingerprint density at radius 2 is 1.57 bits per heavy atom. The van der Waals surface area contributed by atoms with Gasteiger partial charge in [-0.25, -0.2) is 24.9 Å². The predicted octanol–water partition coefficient (Wildman–Crippen LogP) is 5.96. The fraction of sp³-hybridized carbons (Fsp3) is 0.345. The first kappa shape index (κ1) is 26.2. The number of fused-ring (bicyclic) bond motifs is 1. The molecule has 4 aromatic rings. The van der Waals surface area contributed by atoms with Gasteiger partial charge in [-0.05, 0) is 51.8 Å². The second kappa shape index (κ2) is 11.4. The number of nitrogens with one attached hydrogen (secondary N) is 1. The Morgan fingerprint density at radius 3 is 2.11 bits per heavy atom. The average molecular weight is 502 g/mol. The van der Waals surface area contributed by atoms with Crippen molar-refractivity contribution in [2.45, 2.75) is 59.9 Å². The van der Waals surface area contributed by atoms with Crippen molar-refractivity contribution in [1.29, 1.82) is 0 Å². The molecule has 8 heteroatoms. The molecule has 0 radical (unpaired) electrons. The molecule has 2 aromatic heterocycles. The lowest BCUT2D eigenvalue weighted by molar-refractivity contribution is 0.0610. The number of pyridine rings is 1. The van der Waals surface area contributed by atoms with Crippen molar-refractivity contribution in [3.8, 4) is 0 Å². The number of aryl methyl sites for hydroxylation is 1. The quantitative estimate of drug-likeness (QED) is 0.305. The van der Waals surface area contributed by atoms with Crippen LogP contribution in [0.25, 0.3) is 11.0 Å². The summed E-state index contributed by atoms with van der Waals surface area (Å²) in [6.07, 6.45) is -0.564. The van der Waals surface area contributed by atoms with Crippen LogP contribution in [0.3, 0.4) is 0 Å². The lowest BCUT2D eigenvalue weighted by Gasteiger charge is -2.25. The van der Waals surface area contributed by atoms with E-state index < -0.39 is 11.7 Å². The van der Waals surface area contributed by atoms with Crippen LogP contribution in [0.1, 0.15) is 50.3 Å². The van der Waals surface area contributed by atoms with Crippen LogP contribution in [0, 0.1) is 6.92 Å². The summed E-state index contributed by atoms with van der Waals surface area (Å²) in [6, 6.07) is 22.5. The third-order valence-corrected chi connectivity index (χ3v) is 5.59. The zero-order chi connectivity index (χ0) is 26.4. The summed E-state index contributed by atoms with van der Waals surface area (Å²) in [6.45, 7) is 11.4. The van der Waals surface area contributed by atoms with Gasteiger partial charge in [0.1, 0.15) is 17.7 Å². The number of rotatable bonds is 9. The van der Waals surface area contributed by atoms with E-state index in [0.29, 0.717) is 31.0 Å². The molecular formula is C29H35N5O3. The van der Waals surface area contributed by atoms with Crippen molar-refractivity contribution in [2.75, 3.05) is 16.9 Å². The predicted molar refractivity (Wildman–Crippen MR) is 146 cm³/mol. The minimum absolute atomic E-state index is 0.233. The van der Waals surface area contributed by atoms with E-state index in [1.165, 1.54) is 0 Å². The van der Waals surface area contributed by atoms with Crippen LogP contribution in [0.4, 0.5) is 10.6 Å². The summed E-state index contributed by atoms with van der Waals surface area (Å²) in [5.74, 6) is 1.31. The van der Waals surface area contributed by atoms with E-state index in [1.54, 1.807) is 4.68 Å². The van der Waals surface area contributed by atoms with Gasteiger partial charge in [-0.1, -0.05) is 60.7 Å². The van der Waals surface area contributed by atoms with E-state index in [-0.39, 0.29) is 6.61 Å². The molecule has 0 bridgehead atoms. The molecule has 0 fully saturated rings. The molecule has 4 rings (SSSR count). The number of nitrogens with zero attached hydrogens (tertiary/aromatic N) is 4. The molecule has 1 amide bonds. The molecule has 2 heterocycles. The zero-order valence-electron chi connectivity index (χ0n) is 22.2. The van der Waals surface area contributed by atoms with Crippen LogP contribution in [-0.2, 0) is 29.2 Å². The van der Waals surface area contributed by atoms with E-state index in [2.05, 4.69) is 34.6 Å². The summed E-state index contributed by atoms with van der Waals surface area (Å²) in [7, 11) is 0. The molecule has 0 saturated carbocycles. The minimum Gasteiger partial charge on any atom is -0.443 e. The summed E-state index contributed by atoms with van der Waals surface area (Å²) >= 11 is 0. The van der Waals surface area contributed by atoms with Crippen molar-refractivity contribution >= 4 is 22.9 Å². The molecule has 1 N–H and O–H groups in total. The fourth-order valence-corrected chi connectivity index (χ4v) is 4.07. The summed E-state index contributed by atoms with van der Waals surface area (Å²) in [4.78, 5) is 24.8. The smallest absolute Gasteiger partial charge is 0.427 e. The highest BCUT2D eigenvalue weighted by Crippen LogP contribution is 2.29. The van der Waals surface area contributed by atoms with Crippen LogP contribution < -0.4 is 10.3 Å². The molecule has 37 heavy (non-hydrogen) atoms. The van der Waals surface area contributed by atoms with Crippen molar-refractivity contribution in [2.24, 2.45) is 0 Å². The Bertz CT molecular complexity index is 1290. The van der Waals surface area contributed by atoms with Crippen molar-refractivity contribution in [1.82, 2.24) is 14.6 Å². The van der Waals surface area contributed by atoms with Crippen molar-refractivity contribution < 1.29 is 14.3 Å². The summed E-state index contributed by atoms with van der Waals surface area (Å²) < 4.78 is 12.9. The number of ether oxygens (including phenoxy) is 2. The van der Waals surface area contributed by atoms with Gasteiger partial charge in [0, 0.05) is 25.4 Å². The topological polar surface area (TPSA) is 81.5 Å². The average Bonchev–Trinajstić information content (AvgIpc) is 3.18. The van der Waals surface area contributed by atoms with Crippen molar-refractivity contribution in [3.05, 3.63) is 89.4 Å². The maximum absolute atomic E-state index is 12.7. The highest BCUT2D eigenvalue weighted by molar-refractivity contribution is 5.89. The Labute approximate surface area is 218 Å². The van der Waals surface area contributed by atoms with Gasteiger partial charge < -0.3 is 14.4 Å². The number of anilines is 1. The molecule has 0 saturated heterocycles. The zero-order valence-corrected chi connectivity index (χ0v) is 22.2. The van der Waals surface area contributed by atoms with Gasteiger partial charge in [-0.2, -0.15) is 0 Å². The highest BCUT2D eigenvalue weighted by Gasteiger charge is 2.23. The maximum Gasteiger partial charge on any atom is 0.427 e. The number of amides is 1. The van der Waals surface area contributed by atoms with E-state index in [4.69, 9.17) is 19.4 Å². The SMILES string of the molecule is CCOCc1nc2c(N(Cc3ccccc3)Cc3ccccc3)nc(C)cc2n1NC(=O)OC(C)(C)C. The third-order valence-electron chi connectivity index (χ3n) is 5.59. The lowest BCUT2D eigenvalue weighted by atomic mass is 10.1. The fourth-order valence-electron chi connectivity index (χ4n) is 4.07. The monoisotopic (exact) mass is 501 g/mol. The van der Waals surface area contributed by atoms with Gasteiger partial charge in [-0.15, -0.1) is 0 Å². The van der Waals surface area contributed by atoms with Crippen LogP contribution in [0.5, 0.6) is 0 Å². The minimum atomic E-state index is -0.634. The van der Waals surface area contributed by atoms with Crippen LogP contribution in [0.15, 0.2) is 66.7 Å². The number of hydrogen-bond acceptors (Lipinski definition) is 6. The molecule has 0 atom stereocenters. The lowest BCUT2D eigenvalue weighted by Crippen LogP contribution is -2.32. The Kier molecular flexibility index (Phi) is 8.08. The van der Waals surface area contributed by atoms with Crippen molar-refractivity contribution in [3.63, 3.8) is 0 Å². The standard InChI is InChI=1S/C29H35N5O3/c1-6-36-20-25-31-26-24(34(25)32-28(35)37-29(3,4)5)17-21(2)30-27(26)33(18-22-13-9-7-10-14-22)19-23-15-11-8-12-16-23/h7-17H,6,18-20H2,1-5H3,(H,32,35). The first-order valence-electron chi connectivity index (χ1n) is 12.5. The number of benzene rings is 2. The number of aromatic nitrogens is 3. The molecular weight excluding hydrogens is 466 g/mol. The van der Waals surface area contributed by atoms with Gasteiger partial charge in [-0.3, -0.25) is 0 Å². The first-order chi connectivity index (χ1) is 17.7. The Balaban J connectivity index is 1.82.